The average molecular weight is 381 g/mol. The first-order valence-corrected chi connectivity index (χ1v) is 9.30. The van der Waals surface area contributed by atoms with Crippen molar-refractivity contribution in [3.05, 3.63) is 88.3 Å². The summed E-state index contributed by atoms with van der Waals surface area (Å²) in [5, 5.41) is 3.42. The molecule has 5 heteroatoms. The summed E-state index contributed by atoms with van der Waals surface area (Å²) in [7, 11) is 0. The van der Waals surface area contributed by atoms with Crippen LogP contribution in [0.3, 0.4) is 0 Å². The zero-order chi connectivity index (χ0) is 18.8. The number of carbonyl (C=O) groups is 1. The van der Waals surface area contributed by atoms with Crippen molar-refractivity contribution in [3.63, 3.8) is 0 Å². The molecule has 1 heterocycles. The minimum atomic E-state index is -0.587. The van der Waals surface area contributed by atoms with Crippen LogP contribution in [0.25, 0.3) is 11.3 Å². The summed E-state index contributed by atoms with van der Waals surface area (Å²) < 4.78 is 14.6. The monoisotopic (exact) mass is 380 g/mol. The van der Waals surface area contributed by atoms with E-state index in [1.54, 1.807) is 24.4 Å². The lowest BCUT2D eigenvalue weighted by Gasteiger charge is -2.26. The van der Waals surface area contributed by atoms with Crippen molar-refractivity contribution in [1.29, 1.82) is 0 Å². The van der Waals surface area contributed by atoms with Crippen molar-refractivity contribution < 1.29 is 9.18 Å². The number of benzene rings is 2. The number of aryl methyl sites for hydroxylation is 1. The molecule has 0 aliphatic heterocycles. The number of amides is 1. The lowest BCUT2D eigenvalue weighted by Crippen LogP contribution is -2.31. The van der Waals surface area contributed by atoms with Crippen LogP contribution in [0.15, 0.2) is 60.8 Å². The number of halogens is 2. The molecule has 1 unspecified atom stereocenters. The number of fused-ring (bicyclic) bond motifs is 1. The molecule has 0 bridgehead atoms. The van der Waals surface area contributed by atoms with Crippen LogP contribution in [-0.4, -0.2) is 10.9 Å². The van der Waals surface area contributed by atoms with Crippen LogP contribution in [0.4, 0.5) is 4.39 Å². The molecule has 1 N–H and O–H groups in total. The fourth-order valence-electron chi connectivity index (χ4n) is 3.58. The van der Waals surface area contributed by atoms with E-state index in [9.17, 15) is 9.18 Å². The van der Waals surface area contributed by atoms with Crippen molar-refractivity contribution in [2.75, 3.05) is 0 Å². The summed E-state index contributed by atoms with van der Waals surface area (Å²) >= 11 is 6.13. The summed E-state index contributed by atoms with van der Waals surface area (Å²) in [6.07, 6.45) is 4.46. The van der Waals surface area contributed by atoms with E-state index in [4.69, 9.17) is 11.6 Å². The van der Waals surface area contributed by atoms with E-state index < -0.39 is 11.7 Å². The summed E-state index contributed by atoms with van der Waals surface area (Å²) in [5.74, 6) is -0.997. The molecule has 0 fully saturated rings. The molecule has 3 aromatic rings. The molecule has 0 radical (unpaired) electrons. The number of nitrogens with one attached hydrogen (secondary N) is 1. The van der Waals surface area contributed by atoms with Gasteiger partial charge in [-0.15, -0.1) is 0 Å². The van der Waals surface area contributed by atoms with Gasteiger partial charge in [0.05, 0.1) is 22.3 Å². The second-order valence-electron chi connectivity index (χ2n) is 6.65. The molecule has 2 aromatic carbocycles. The molecule has 0 spiro atoms. The first kappa shape index (κ1) is 17.7. The smallest absolute Gasteiger partial charge is 0.254 e. The van der Waals surface area contributed by atoms with E-state index in [2.05, 4.69) is 16.4 Å². The summed E-state index contributed by atoms with van der Waals surface area (Å²) in [6, 6.07) is 15.9. The fourth-order valence-corrected chi connectivity index (χ4v) is 3.82. The minimum absolute atomic E-state index is 0.0221. The molecule has 1 aliphatic carbocycles. The Bertz CT molecular complexity index is 1010. The van der Waals surface area contributed by atoms with Gasteiger partial charge in [0.15, 0.2) is 0 Å². The van der Waals surface area contributed by atoms with Crippen LogP contribution in [0.2, 0.25) is 5.02 Å². The van der Waals surface area contributed by atoms with Crippen LogP contribution in [0.5, 0.6) is 0 Å². The molecule has 0 saturated heterocycles. The first-order chi connectivity index (χ1) is 13.1. The number of hydrogen-bond acceptors (Lipinski definition) is 2. The quantitative estimate of drug-likeness (QED) is 0.665. The summed E-state index contributed by atoms with van der Waals surface area (Å²) in [6.45, 7) is 0. The highest BCUT2D eigenvalue weighted by molar-refractivity contribution is 6.33. The molecule has 136 valence electrons. The van der Waals surface area contributed by atoms with E-state index in [1.165, 1.54) is 17.7 Å². The zero-order valence-electron chi connectivity index (χ0n) is 14.6. The molecule has 3 nitrogen and oxygen atoms in total. The number of aromatic nitrogens is 1. The van der Waals surface area contributed by atoms with E-state index in [1.807, 2.05) is 18.2 Å². The largest absolute Gasteiger partial charge is 0.345 e. The van der Waals surface area contributed by atoms with Gasteiger partial charge in [0.25, 0.3) is 5.91 Å². The van der Waals surface area contributed by atoms with Crippen LogP contribution < -0.4 is 5.32 Å². The first-order valence-electron chi connectivity index (χ1n) is 8.92. The van der Waals surface area contributed by atoms with Gasteiger partial charge in [-0.2, -0.15) is 0 Å². The molecule has 27 heavy (non-hydrogen) atoms. The molecule has 1 atom stereocenters. The van der Waals surface area contributed by atoms with Gasteiger partial charge in [0.1, 0.15) is 5.82 Å². The molecule has 4 rings (SSSR count). The lowest BCUT2D eigenvalue weighted by molar-refractivity contribution is 0.0928. The van der Waals surface area contributed by atoms with E-state index >= 15 is 0 Å². The Morgan fingerprint density at radius 3 is 2.81 bits per heavy atom. The topological polar surface area (TPSA) is 42.0 Å². The SMILES string of the molecule is O=C(NC1CCCc2ccccc21)c1ccc(-c2ncccc2Cl)cc1F. The average Bonchev–Trinajstić information content (AvgIpc) is 2.68. The molecular weight excluding hydrogens is 363 g/mol. The number of rotatable bonds is 3. The Morgan fingerprint density at radius 1 is 1.15 bits per heavy atom. The number of hydrogen-bond donors (Lipinski definition) is 1. The van der Waals surface area contributed by atoms with Crippen LogP contribution in [0.1, 0.15) is 40.4 Å². The fraction of sp³-hybridized carbons (Fsp3) is 0.182. The Labute approximate surface area is 162 Å². The van der Waals surface area contributed by atoms with Crippen molar-refractivity contribution >= 4 is 17.5 Å². The van der Waals surface area contributed by atoms with Gasteiger partial charge in [0, 0.05) is 11.8 Å². The van der Waals surface area contributed by atoms with Crippen LogP contribution >= 0.6 is 11.6 Å². The van der Waals surface area contributed by atoms with Crippen molar-refractivity contribution in [3.8, 4) is 11.3 Å². The van der Waals surface area contributed by atoms with E-state index in [0.29, 0.717) is 16.3 Å². The summed E-state index contributed by atoms with van der Waals surface area (Å²) in [5.41, 5.74) is 3.42. The van der Waals surface area contributed by atoms with Gasteiger partial charge in [-0.05, 0) is 54.7 Å². The van der Waals surface area contributed by atoms with Crippen LogP contribution in [-0.2, 0) is 6.42 Å². The third kappa shape index (κ3) is 3.58. The second-order valence-corrected chi connectivity index (χ2v) is 7.05. The molecule has 0 saturated carbocycles. The normalized spacial score (nSPS) is 15.9. The Hall–Kier alpha value is -2.72. The second kappa shape index (κ2) is 7.49. The number of carbonyl (C=O) groups excluding carboxylic acids is 1. The van der Waals surface area contributed by atoms with Crippen molar-refractivity contribution in [2.45, 2.75) is 25.3 Å². The number of pyridine rings is 1. The minimum Gasteiger partial charge on any atom is -0.345 e. The maximum atomic E-state index is 14.6. The Morgan fingerprint density at radius 2 is 2.00 bits per heavy atom. The maximum absolute atomic E-state index is 14.6. The molecule has 1 aliphatic rings. The van der Waals surface area contributed by atoms with Gasteiger partial charge in [-0.3, -0.25) is 9.78 Å². The maximum Gasteiger partial charge on any atom is 0.254 e. The molecular formula is C22H18ClFN2O. The predicted molar refractivity (Wildman–Crippen MR) is 104 cm³/mol. The Kier molecular flexibility index (Phi) is 4.90. The van der Waals surface area contributed by atoms with Gasteiger partial charge in [-0.25, -0.2) is 4.39 Å². The molecule has 1 amide bonds. The van der Waals surface area contributed by atoms with Gasteiger partial charge < -0.3 is 5.32 Å². The highest BCUT2D eigenvalue weighted by atomic mass is 35.5. The number of nitrogens with zero attached hydrogens (tertiary/aromatic N) is 1. The predicted octanol–water partition coefficient (Wildman–Crippen LogP) is 5.35. The van der Waals surface area contributed by atoms with Gasteiger partial charge in [-0.1, -0.05) is 41.9 Å². The van der Waals surface area contributed by atoms with Crippen molar-refractivity contribution in [2.24, 2.45) is 0 Å². The highest BCUT2D eigenvalue weighted by Gasteiger charge is 2.23. The highest BCUT2D eigenvalue weighted by Crippen LogP contribution is 2.30. The Balaban J connectivity index is 1.58. The van der Waals surface area contributed by atoms with Crippen LogP contribution in [0, 0.1) is 5.82 Å². The van der Waals surface area contributed by atoms with E-state index in [0.717, 1.165) is 24.8 Å². The standard InChI is InChI=1S/C22H18ClFN2O/c23-18-8-4-12-25-21(18)15-10-11-17(19(24)13-15)22(27)26-20-9-3-6-14-5-1-2-7-16(14)20/h1-2,4-5,7-8,10-13,20H,3,6,9H2,(H,26,27). The van der Waals surface area contributed by atoms with Gasteiger partial charge >= 0.3 is 0 Å². The van der Waals surface area contributed by atoms with E-state index in [-0.39, 0.29) is 11.6 Å². The third-order valence-corrected chi connectivity index (χ3v) is 5.23. The third-order valence-electron chi connectivity index (χ3n) is 4.92. The summed E-state index contributed by atoms with van der Waals surface area (Å²) in [4.78, 5) is 16.8. The van der Waals surface area contributed by atoms with Gasteiger partial charge in [0.2, 0.25) is 0 Å². The lowest BCUT2D eigenvalue weighted by atomic mass is 9.87. The zero-order valence-corrected chi connectivity index (χ0v) is 15.3. The van der Waals surface area contributed by atoms with Crippen molar-refractivity contribution in [1.82, 2.24) is 10.3 Å². The molecule has 1 aromatic heterocycles.